The van der Waals surface area contributed by atoms with E-state index in [-0.39, 0.29) is 6.04 Å². The van der Waals surface area contributed by atoms with Crippen LogP contribution in [0.15, 0.2) is 66.7 Å². The van der Waals surface area contributed by atoms with E-state index in [1.54, 1.807) is 6.07 Å². The van der Waals surface area contributed by atoms with Crippen molar-refractivity contribution in [2.45, 2.75) is 25.9 Å². The number of nitrogens with zero attached hydrogens (tertiary/aromatic N) is 2. The summed E-state index contributed by atoms with van der Waals surface area (Å²) in [7, 11) is 0. The molecule has 4 rings (SSSR count). The zero-order chi connectivity index (χ0) is 20.4. The van der Waals surface area contributed by atoms with Gasteiger partial charge in [0.05, 0.1) is 17.6 Å². The van der Waals surface area contributed by atoms with Gasteiger partial charge in [-0.1, -0.05) is 59.6 Å². The third-order valence-corrected chi connectivity index (χ3v) is 5.46. The number of imidazole rings is 1. The van der Waals surface area contributed by atoms with Crippen LogP contribution in [0.25, 0.3) is 11.0 Å². The monoisotopic (exact) mass is 424 g/mol. The Balaban J connectivity index is 1.64. The highest BCUT2D eigenvalue weighted by atomic mass is 35.5. The van der Waals surface area contributed by atoms with Crippen LogP contribution in [0, 0.1) is 0 Å². The van der Waals surface area contributed by atoms with Crippen LogP contribution in [0.1, 0.15) is 18.1 Å². The van der Waals surface area contributed by atoms with Crippen molar-refractivity contribution in [3.63, 3.8) is 0 Å². The molecule has 0 aliphatic rings. The summed E-state index contributed by atoms with van der Waals surface area (Å²) >= 11 is 12.4. The van der Waals surface area contributed by atoms with E-state index in [0.717, 1.165) is 35.5 Å². The lowest BCUT2D eigenvalue weighted by molar-refractivity contribution is 0.747. The standard InChI is InChI=1S/C23H22Cl2N4/c1-15(11-17-7-8-18(24)12-20(17)25)27-23-28-21-13-19(26)9-10-22(21)29(23)14-16-5-3-2-4-6-16/h2-10,12-13,15H,11,14,26H2,1H3,(H,27,28). The molecule has 0 spiro atoms. The highest BCUT2D eigenvalue weighted by Crippen LogP contribution is 2.26. The number of nitrogens with two attached hydrogens (primary N) is 1. The minimum absolute atomic E-state index is 0.123. The van der Waals surface area contributed by atoms with Crippen LogP contribution in [0.4, 0.5) is 11.6 Å². The van der Waals surface area contributed by atoms with E-state index in [1.165, 1.54) is 5.56 Å². The molecule has 3 aromatic carbocycles. The predicted molar refractivity (Wildman–Crippen MR) is 123 cm³/mol. The molecule has 0 fully saturated rings. The Bertz CT molecular complexity index is 1140. The number of aromatic nitrogens is 2. The molecule has 0 bridgehead atoms. The Morgan fingerprint density at radius 1 is 1.03 bits per heavy atom. The number of nitrogens with one attached hydrogen (secondary N) is 1. The van der Waals surface area contributed by atoms with Crippen molar-refractivity contribution in [2.24, 2.45) is 0 Å². The number of nitrogen functional groups attached to an aromatic ring is 1. The van der Waals surface area contributed by atoms with Crippen LogP contribution in [0.5, 0.6) is 0 Å². The maximum Gasteiger partial charge on any atom is 0.204 e. The van der Waals surface area contributed by atoms with Gasteiger partial charge in [-0.25, -0.2) is 4.98 Å². The van der Waals surface area contributed by atoms with Gasteiger partial charge in [0.25, 0.3) is 0 Å². The largest absolute Gasteiger partial charge is 0.399 e. The Morgan fingerprint density at radius 2 is 1.83 bits per heavy atom. The molecule has 1 heterocycles. The zero-order valence-electron chi connectivity index (χ0n) is 16.1. The first kappa shape index (κ1) is 19.6. The smallest absolute Gasteiger partial charge is 0.204 e. The molecule has 0 saturated carbocycles. The molecule has 4 aromatic rings. The lowest BCUT2D eigenvalue weighted by Gasteiger charge is -2.17. The predicted octanol–water partition coefficient (Wildman–Crippen LogP) is 6.02. The van der Waals surface area contributed by atoms with Crippen LogP contribution >= 0.6 is 23.2 Å². The molecule has 29 heavy (non-hydrogen) atoms. The zero-order valence-corrected chi connectivity index (χ0v) is 17.6. The number of halogens is 2. The molecular formula is C23H22Cl2N4. The molecule has 4 nitrogen and oxygen atoms in total. The molecular weight excluding hydrogens is 403 g/mol. The molecule has 3 N–H and O–H groups in total. The third-order valence-electron chi connectivity index (χ3n) is 4.87. The summed E-state index contributed by atoms with van der Waals surface area (Å²) in [6.07, 6.45) is 0.757. The van der Waals surface area contributed by atoms with Crippen LogP contribution in [-0.4, -0.2) is 15.6 Å². The molecule has 0 saturated heterocycles. The Hall–Kier alpha value is -2.69. The fourth-order valence-corrected chi connectivity index (χ4v) is 3.96. The topological polar surface area (TPSA) is 55.9 Å². The minimum Gasteiger partial charge on any atom is -0.399 e. The van der Waals surface area contributed by atoms with Gasteiger partial charge in [0, 0.05) is 21.8 Å². The second-order valence-electron chi connectivity index (χ2n) is 7.24. The van der Waals surface area contributed by atoms with E-state index in [1.807, 2.05) is 48.5 Å². The maximum absolute atomic E-state index is 6.35. The highest BCUT2D eigenvalue weighted by molar-refractivity contribution is 6.35. The van der Waals surface area contributed by atoms with Gasteiger partial charge in [-0.3, -0.25) is 0 Å². The normalized spacial score (nSPS) is 12.2. The average Bonchev–Trinajstić information content (AvgIpc) is 3.01. The van der Waals surface area contributed by atoms with Crippen molar-refractivity contribution in [2.75, 3.05) is 11.1 Å². The number of hydrogen-bond acceptors (Lipinski definition) is 3. The van der Waals surface area contributed by atoms with Gasteiger partial charge in [-0.05, 0) is 54.8 Å². The summed E-state index contributed by atoms with van der Waals surface area (Å²) in [6.45, 7) is 2.84. The third kappa shape index (κ3) is 4.50. The molecule has 1 aromatic heterocycles. The molecule has 0 aliphatic carbocycles. The summed E-state index contributed by atoms with van der Waals surface area (Å²) in [5, 5.41) is 4.87. The fourth-order valence-electron chi connectivity index (χ4n) is 3.47. The fraction of sp³-hybridized carbons (Fsp3) is 0.174. The van der Waals surface area contributed by atoms with Crippen molar-refractivity contribution in [3.05, 3.63) is 87.9 Å². The first-order chi connectivity index (χ1) is 14.0. The average molecular weight is 425 g/mol. The van der Waals surface area contributed by atoms with Crippen LogP contribution in [-0.2, 0) is 13.0 Å². The number of anilines is 2. The van der Waals surface area contributed by atoms with E-state index in [4.69, 9.17) is 33.9 Å². The summed E-state index contributed by atoms with van der Waals surface area (Å²) < 4.78 is 2.18. The summed E-state index contributed by atoms with van der Waals surface area (Å²) in [4.78, 5) is 4.81. The molecule has 0 amide bonds. The maximum atomic E-state index is 6.35. The minimum atomic E-state index is 0.123. The van der Waals surface area contributed by atoms with Crippen LogP contribution in [0.2, 0.25) is 10.0 Å². The van der Waals surface area contributed by atoms with Gasteiger partial charge in [0.15, 0.2) is 0 Å². The van der Waals surface area contributed by atoms with E-state index in [0.29, 0.717) is 15.7 Å². The quantitative estimate of drug-likeness (QED) is 0.372. The number of rotatable bonds is 6. The second kappa shape index (κ2) is 8.36. The molecule has 1 unspecified atom stereocenters. The Labute approximate surface area is 180 Å². The van der Waals surface area contributed by atoms with Crippen molar-refractivity contribution >= 4 is 45.9 Å². The lowest BCUT2D eigenvalue weighted by Crippen LogP contribution is -2.21. The Kier molecular flexibility index (Phi) is 5.65. The molecule has 1 atom stereocenters. The van der Waals surface area contributed by atoms with Crippen molar-refractivity contribution in [1.82, 2.24) is 9.55 Å². The first-order valence-corrected chi connectivity index (χ1v) is 10.3. The lowest BCUT2D eigenvalue weighted by atomic mass is 10.1. The highest BCUT2D eigenvalue weighted by Gasteiger charge is 2.15. The molecule has 0 radical (unpaired) electrons. The van der Waals surface area contributed by atoms with Crippen LogP contribution in [0.3, 0.4) is 0 Å². The van der Waals surface area contributed by atoms with Gasteiger partial charge in [-0.2, -0.15) is 0 Å². The van der Waals surface area contributed by atoms with Crippen LogP contribution < -0.4 is 11.1 Å². The summed E-state index contributed by atoms with van der Waals surface area (Å²) in [5.41, 5.74) is 10.9. The van der Waals surface area contributed by atoms with E-state index < -0.39 is 0 Å². The molecule has 0 aliphatic heterocycles. The van der Waals surface area contributed by atoms with E-state index in [9.17, 15) is 0 Å². The number of benzene rings is 3. The van der Waals surface area contributed by atoms with Gasteiger partial charge in [-0.15, -0.1) is 0 Å². The SMILES string of the molecule is CC(Cc1ccc(Cl)cc1Cl)Nc1nc2cc(N)ccc2n1Cc1ccccc1. The second-order valence-corrected chi connectivity index (χ2v) is 8.08. The van der Waals surface area contributed by atoms with E-state index in [2.05, 4.69) is 28.9 Å². The first-order valence-electron chi connectivity index (χ1n) is 9.50. The molecule has 6 heteroatoms. The van der Waals surface area contributed by atoms with Crippen molar-refractivity contribution < 1.29 is 0 Å². The number of fused-ring (bicyclic) bond motifs is 1. The summed E-state index contributed by atoms with van der Waals surface area (Å²) in [6, 6.07) is 21.9. The van der Waals surface area contributed by atoms with Crippen molar-refractivity contribution in [1.29, 1.82) is 0 Å². The van der Waals surface area contributed by atoms with Gasteiger partial charge < -0.3 is 15.6 Å². The Morgan fingerprint density at radius 3 is 2.59 bits per heavy atom. The number of hydrogen-bond donors (Lipinski definition) is 2. The van der Waals surface area contributed by atoms with Gasteiger partial charge in [0.1, 0.15) is 0 Å². The van der Waals surface area contributed by atoms with Crippen molar-refractivity contribution in [3.8, 4) is 0 Å². The molecule has 148 valence electrons. The van der Waals surface area contributed by atoms with E-state index >= 15 is 0 Å². The van der Waals surface area contributed by atoms with Gasteiger partial charge in [0.2, 0.25) is 5.95 Å². The van der Waals surface area contributed by atoms with Gasteiger partial charge >= 0.3 is 0 Å². The summed E-state index contributed by atoms with van der Waals surface area (Å²) in [5.74, 6) is 0.812.